The molecule has 31 heavy (non-hydrogen) atoms. The molecule has 0 bridgehead atoms. The minimum absolute atomic E-state index is 0.404. The summed E-state index contributed by atoms with van der Waals surface area (Å²) in [7, 11) is 0. The molecule has 7 heteroatoms. The van der Waals surface area contributed by atoms with Crippen molar-refractivity contribution in [1.82, 2.24) is 4.57 Å². The van der Waals surface area contributed by atoms with E-state index < -0.39 is 18.5 Å². The molecule has 6 nitrogen and oxygen atoms in total. The summed E-state index contributed by atoms with van der Waals surface area (Å²) in [5.74, 6) is -0.655. The van der Waals surface area contributed by atoms with Gasteiger partial charge in [0.15, 0.2) is 6.61 Å². The number of amides is 1. The number of hydrogen-bond acceptors (Lipinski definition) is 5. The Morgan fingerprint density at radius 1 is 1.10 bits per heavy atom. The van der Waals surface area contributed by atoms with E-state index in [-0.39, 0.29) is 0 Å². The van der Waals surface area contributed by atoms with Crippen LogP contribution in [0.5, 0.6) is 0 Å². The van der Waals surface area contributed by atoms with E-state index in [1.54, 1.807) is 12.1 Å². The summed E-state index contributed by atoms with van der Waals surface area (Å²) in [6.45, 7) is 3.82. The maximum absolute atomic E-state index is 12.6. The maximum atomic E-state index is 12.6. The van der Waals surface area contributed by atoms with Crippen molar-refractivity contribution in [2.45, 2.75) is 25.3 Å². The molecular formula is C24H23N3O3S. The van der Waals surface area contributed by atoms with E-state index in [4.69, 9.17) is 4.74 Å². The van der Waals surface area contributed by atoms with Gasteiger partial charge in [0.25, 0.3) is 5.91 Å². The molecule has 1 heterocycles. The van der Waals surface area contributed by atoms with Crippen LogP contribution in [0.25, 0.3) is 0 Å². The van der Waals surface area contributed by atoms with Gasteiger partial charge in [-0.3, -0.25) is 4.79 Å². The summed E-state index contributed by atoms with van der Waals surface area (Å²) >= 11 is 1.43. The van der Waals surface area contributed by atoms with Crippen LogP contribution in [0.15, 0.2) is 59.5 Å². The van der Waals surface area contributed by atoms with Gasteiger partial charge in [0.2, 0.25) is 0 Å². The molecule has 0 saturated carbocycles. The largest absolute Gasteiger partial charge is 0.452 e. The molecule has 0 aliphatic rings. The van der Waals surface area contributed by atoms with E-state index >= 15 is 0 Å². The Kier molecular flexibility index (Phi) is 7.16. The number of carbonyl (C=O) groups excluding carboxylic acids is 2. The standard InChI is InChI=1S/C24H23N3O3S/c1-16-17(2)27(14-18-9-5-4-6-10-18)23(20(16)13-25)26-22(28)15-30-24(29)19-11-7-8-12-21(19)31-3/h4-12H,14-15H2,1-3H3,(H,26,28). The lowest BCUT2D eigenvalue weighted by molar-refractivity contribution is -0.119. The zero-order valence-corrected chi connectivity index (χ0v) is 18.5. The van der Waals surface area contributed by atoms with E-state index in [0.29, 0.717) is 23.5 Å². The third-order valence-electron chi connectivity index (χ3n) is 5.04. The van der Waals surface area contributed by atoms with Gasteiger partial charge < -0.3 is 14.6 Å². The van der Waals surface area contributed by atoms with Crippen LogP contribution in [0.4, 0.5) is 5.82 Å². The van der Waals surface area contributed by atoms with Crippen LogP contribution < -0.4 is 5.32 Å². The van der Waals surface area contributed by atoms with E-state index in [1.807, 2.05) is 67.1 Å². The quantitative estimate of drug-likeness (QED) is 0.437. The molecule has 0 aliphatic heterocycles. The van der Waals surface area contributed by atoms with Crippen molar-refractivity contribution in [2.24, 2.45) is 0 Å². The molecular weight excluding hydrogens is 410 g/mol. The predicted molar refractivity (Wildman–Crippen MR) is 121 cm³/mol. The van der Waals surface area contributed by atoms with Gasteiger partial charge in [0, 0.05) is 17.1 Å². The fourth-order valence-electron chi connectivity index (χ4n) is 3.28. The van der Waals surface area contributed by atoms with E-state index in [9.17, 15) is 14.9 Å². The average molecular weight is 434 g/mol. The van der Waals surface area contributed by atoms with Crippen molar-refractivity contribution in [3.8, 4) is 6.07 Å². The Morgan fingerprint density at radius 2 is 1.77 bits per heavy atom. The molecule has 158 valence electrons. The predicted octanol–water partition coefficient (Wildman–Crippen LogP) is 4.54. The van der Waals surface area contributed by atoms with Crippen molar-refractivity contribution in [2.75, 3.05) is 18.2 Å². The third kappa shape index (κ3) is 4.98. The third-order valence-corrected chi connectivity index (χ3v) is 5.84. The van der Waals surface area contributed by atoms with Gasteiger partial charge in [0.05, 0.1) is 11.1 Å². The summed E-state index contributed by atoms with van der Waals surface area (Å²) in [5.41, 5.74) is 3.56. The summed E-state index contributed by atoms with van der Waals surface area (Å²) < 4.78 is 7.11. The Labute approximate surface area is 185 Å². The van der Waals surface area contributed by atoms with Gasteiger partial charge in [-0.05, 0) is 43.4 Å². The molecule has 0 radical (unpaired) electrons. The highest BCUT2D eigenvalue weighted by Gasteiger charge is 2.21. The topological polar surface area (TPSA) is 84.1 Å². The maximum Gasteiger partial charge on any atom is 0.339 e. The molecule has 0 aliphatic carbocycles. The fraction of sp³-hybridized carbons (Fsp3) is 0.208. The van der Waals surface area contributed by atoms with Gasteiger partial charge in [-0.1, -0.05) is 42.5 Å². The van der Waals surface area contributed by atoms with Gasteiger partial charge in [-0.25, -0.2) is 4.79 Å². The first-order chi connectivity index (χ1) is 15.0. The minimum atomic E-state index is -0.562. The summed E-state index contributed by atoms with van der Waals surface area (Å²) in [5, 5.41) is 12.4. The molecule has 1 aromatic heterocycles. The van der Waals surface area contributed by atoms with Gasteiger partial charge >= 0.3 is 5.97 Å². The molecule has 2 aromatic carbocycles. The van der Waals surface area contributed by atoms with Crippen LogP contribution in [0, 0.1) is 25.2 Å². The molecule has 3 rings (SSSR count). The SMILES string of the molecule is CSc1ccccc1C(=O)OCC(=O)Nc1c(C#N)c(C)c(C)n1Cc1ccccc1. The number of anilines is 1. The van der Waals surface area contributed by atoms with Crippen molar-refractivity contribution in [3.05, 3.63) is 82.5 Å². The number of ether oxygens (including phenoxy) is 1. The lowest BCUT2D eigenvalue weighted by atomic mass is 10.2. The van der Waals surface area contributed by atoms with Crippen molar-refractivity contribution >= 4 is 29.5 Å². The van der Waals surface area contributed by atoms with Crippen LogP contribution in [0.2, 0.25) is 0 Å². The van der Waals surface area contributed by atoms with E-state index in [2.05, 4.69) is 11.4 Å². The number of thioether (sulfide) groups is 1. The number of rotatable bonds is 7. The Hall–Kier alpha value is -3.50. The number of benzene rings is 2. The van der Waals surface area contributed by atoms with Crippen molar-refractivity contribution in [1.29, 1.82) is 5.26 Å². The molecule has 0 spiro atoms. The van der Waals surface area contributed by atoms with Crippen LogP contribution in [0.3, 0.4) is 0 Å². The summed E-state index contributed by atoms with van der Waals surface area (Å²) in [6.07, 6.45) is 1.87. The number of nitriles is 1. The summed E-state index contributed by atoms with van der Waals surface area (Å²) in [4.78, 5) is 25.8. The Morgan fingerprint density at radius 3 is 2.45 bits per heavy atom. The second kappa shape index (κ2) is 10.0. The highest BCUT2D eigenvalue weighted by Crippen LogP contribution is 2.27. The number of esters is 1. The van der Waals surface area contributed by atoms with Crippen LogP contribution >= 0.6 is 11.8 Å². The zero-order chi connectivity index (χ0) is 22.4. The van der Waals surface area contributed by atoms with E-state index in [0.717, 1.165) is 21.7 Å². The first kappa shape index (κ1) is 22.2. The normalized spacial score (nSPS) is 10.4. The number of hydrogen-bond donors (Lipinski definition) is 1. The van der Waals surface area contributed by atoms with Gasteiger partial charge in [-0.2, -0.15) is 5.26 Å². The van der Waals surface area contributed by atoms with Crippen molar-refractivity contribution in [3.63, 3.8) is 0 Å². The van der Waals surface area contributed by atoms with Crippen LogP contribution in [-0.2, 0) is 16.1 Å². The second-order valence-electron chi connectivity index (χ2n) is 6.94. The van der Waals surface area contributed by atoms with Gasteiger partial charge in [0.1, 0.15) is 11.9 Å². The lowest BCUT2D eigenvalue weighted by Crippen LogP contribution is -2.23. The monoisotopic (exact) mass is 433 g/mol. The molecule has 1 amide bonds. The molecule has 0 unspecified atom stereocenters. The van der Waals surface area contributed by atoms with E-state index in [1.165, 1.54) is 11.8 Å². The minimum Gasteiger partial charge on any atom is -0.452 e. The van der Waals surface area contributed by atoms with Crippen LogP contribution in [0.1, 0.15) is 32.7 Å². The molecule has 3 aromatic rings. The highest BCUT2D eigenvalue weighted by molar-refractivity contribution is 7.98. The Balaban J connectivity index is 1.77. The molecule has 1 N–H and O–H groups in total. The van der Waals surface area contributed by atoms with Gasteiger partial charge in [-0.15, -0.1) is 11.8 Å². The number of nitrogens with one attached hydrogen (secondary N) is 1. The number of aromatic nitrogens is 1. The Bertz CT molecular complexity index is 1150. The second-order valence-corrected chi connectivity index (χ2v) is 7.79. The van der Waals surface area contributed by atoms with Crippen LogP contribution in [-0.4, -0.2) is 29.3 Å². The number of nitrogens with zero attached hydrogens (tertiary/aromatic N) is 2. The summed E-state index contributed by atoms with van der Waals surface area (Å²) in [6, 6.07) is 19.0. The smallest absolute Gasteiger partial charge is 0.339 e. The number of carbonyl (C=O) groups is 2. The average Bonchev–Trinajstić information content (AvgIpc) is 3.01. The molecule has 0 fully saturated rings. The zero-order valence-electron chi connectivity index (χ0n) is 17.6. The first-order valence-electron chi connectivity index (χ1n) is 9.70. The molecule has 0 saturated heterocycles. The van der Waals surface area contributed by atoms with Crippen molar-refractivity contribution < 1.29 is 14.3 Å². The lowest BCUT2D eigenvalue weighted by Gasteiger charge is -2.14. The highest BCUT2D eigenvalue weighted by atomic mass is 32.2. The molecule has 0 atom stereocenters. The first-order valence-corrected chi connectivity index (χ1v) is 10.9. The fourth-order valence-corrected chi connectivity index (χ4v) is 3.87.